The van der Waals surface area contributed by atoms with Crippen LogP contribution < -0.4 is 5.32 Å². The highest BCUT2D eigenvalue weighted by Gasteiger charge is 2.05. The normalized spacial score (nSPS) is 10.9. The first-order valence-electron chi connectivity index (χ1n) is 5.80. The Kier molecular flexibility index (Phi) is 3.04. The van der Waals surface area contributed by atoms with Crippen molar-refractivity contribution in [3.63, 3.8) is 0 Å². The topological polar surface area (TPSA) is 37.8 Å². The molecule has 3 nitrogen and oxygen atoms in total. The first-order chi connectivity index (χ1) is 8.86. The van der Waals surface area contributed by atoms with Gasteiger partial charge in [-0.1, -0.05) is 12.1 Å². The summed E-state index contributed by atoms with van der Waals surface area (Å²) < 4.78 is 0. The number of benzene rings is 1. The maximum Gasteiger partial charge on any atom is 0.123 e. The van der Waals surface area contributed by atoms with Crippen molar-refractivity contribution >= 4 is 22.1 Å². The summed E-state index contributed by atoms with van der Waals surface area (Å²) in [6.07, 6.45) is 5.64. The van der Waals surface area contributed by atoms with Gasteiger partial charge in [0.25, 0.3) is 0 Å². The average molecular weight is 255 g/mol. The molecule has 0 atom stereocenters. The average Bonchev–Trinajstić information content (AvgIpc) is 2.87. The van der Waals surface area contributed by atoms with E-state index in [1.54, 1.807) is 11.3 Å². The van der Waals surface area contributed by atoms with Crippen molar-refractivity contribution in [3.05, 3.63) is 47.7 Å². The van der Waals surface area contributed by atoms with E-state index in [0.29, 0.717) is 0 Å². The minimum atomic E-state index is 0.870. The molecule has 0 saturated carbocycles. The molecule has 0 radical (unpaired) electrons. The van der Waals surface area contributed by atoms with Crippen LogP contribution in [-0.2, 0) is 6.54 Å². The Bertz CT molecular complexity index is 675. The van der Waals surface area contributed by atoms with Crippen LogP contribution in [0.15, 0.2) is 42.9 Å². The molecule has 0 aliphatic heterocycles. The second-order valence-corrected chi connectivity index (χ2v) is 5.21. The quantitative estimate of drug-likeness (QED) is 0.781. The molecular weight excluding hydrogens is 242 g/mol. The zero-order valence-electron chi connectivity index (χ0n) is 10.1. The lowest BCUT2D eigenvalue weighted by molar-refractivity contribution is 0.829. The van der Waals surface area contributed by atoms with Crippen LogP contribution in [0.4, 0.5) is 0 Å². The lowest BCUT2D eigenvalue weighted by atomic mass is 10.1. The number of hydrogen-bond acceptors (Lipinski definition) is 4. The van der Waals surface area contributed by atoms with Gasteiger partial charge >= 0.3 is 0 Å². The van der Waals surface area contributed by atoms with Crippen molar-refractivity contribution in [2.45, 2.75) is 6.54 Å². The molecule has 1 aromatic carbocycles. The molecule has 2 heterocycles. The molecule has 90 valence electrons. The van der Waals surface area contributed by atoms with Crippen LogP contribution in [0.2, 0.25) is 0 Å². The molecule has 0 fully saturated rings. The zero-order valence-corrected chi connectivity index (χ0v) is 10.9. The number of nitrogens with zero attached hydrogens (tertiary/aromatic N) is 2. The molecule has 0 saturated heterocycles. The third-order valence-corrected chi connectivity index (χ3v) is 3.84. The molecule has 4 heteroatoms. The second-order valence-electron chi connectivity index (χ2n) is 4.10. The standard InChI is InChI=1S/C14H13N3S/c1-15-8-13-9-17-14(18-13)11-2-3-12-7-16-5-4-10(12)6-11/h2-7,9,15H,8H2,1H3. The zero-order chi connectivity index (χ0) is 12.4. The fraction of sp³-hybridized carbons (Fsp3) is 0.143. The van der Waals surface area contributed by atoms with Gasteiger partial charge in [-0.3, -0.25) is 4.98 Å². The largest absolute Gasteiger partial charge is 0.315 e. The molecule has 0 bridgehead atoms. The van der Waals surface area contributed by atoms with Gasteiger partial charge in [0, 0.05) is 41.0 Å². The lowest BCUT2D eigenvalue weighted by Crippen LogP contribution is -2.02. The van der Waals surface area contributed by atoms with Gasteiger partial charge in [0.15, 0.2) is 0 Å². The van der Waals surface area contributed by atoms with E-state index in [1.165, 1.54) is 15.8 Å². The first-order valence-corrected chi connectivity index (χ1v) is 6.62. The molecular formula is C14H13N3S. The van der Waals surface area contributed by atoms with E-state index in [1.807, 2.05) is 31.7 Å². The summed E-state index contributed by atoms with van der Waals surface area (Å²) in [6.45, 7) is 0.870. The van der Waals surface area contributed by atoms with E-state index in [4.69, 9.17) is 0 Å². The molecule has 0 unspecified atom stereocenters. The second kappa shape index (κ2) is 4.84. The van der Waals surface area contributed by atoms with Crippen molar-refractivity contribution < 1.29 is 0 Å². The number of hydrogen-bond donors (Lipinski definition) is 1. The highest BCUT2D eigenvalue weighted by atomic mass is 32.1. The third kappa shape index (κ3) is 2.12. The molecule has 18 heavy (non-hydrogen) atoms. The van der Waals surface area contributed by atoms with Crippen molar-refractivity contribution in [1.29, 1.82) is 0 Å². The van der Waals surface area contributed by atoms with Gasteiger partial charge in [-0.2, -0.15) is 0 Å². The Morgan fingerprint density at radius 2 is 2.11 bits per heavy atom. The highest BCUT2D eigenvalue weighted by Crippen LogP contribution is 2.27. The van der Waals surface area contributed by atoms with E-state index < -0.39 is 0 Å². The predicted molar refractivity (Wildman–Crippen MR) is 75.6 cm³/mol. The maximum atomic E-state index is 4.47. The van der Waals surface area contributed by atoms with Gasteiger partial charge in [0.1, 0.15) is 5.01 Å². The van der Waals surface area contributed by atoms with E-state index in [9.17, 15) is 0 Å². The van der Waals surface area contributed by atoms with Crippen LogP contribution >= 0.6 is 11.3 Å². The molecule has 2 aromatic heterocycles. The van der Waals surface area contributed by atoms with Gasteiger partial charge in [-0.05, 0) is 24.6 Å². The van der Waals surface area contributed by atoms with Crippen molar-refractivity contribution in [2.24, 2.45) is 0 Å². The summed E-state index contributed by atoms with van der Waals surface area (Å²) in [4.78, 5) is 9.85. The van der Waals surface area contributed by atoms with E-state index in [-0.39, 0.29) is 0 Å². The van der Waals surface area contributed by atoms with Crippen molar-refractivity contribution in [2.75, 3.05) is 7.05 Å². The Balaban J connectivity index is 2.02. The minimum absolute atomic E-state index is 0.870. The smallest absolute Gasteiger partial charge is 0.123 e. The summed E-state index contributed by atoms with van der Waals surface area (Å²) in [5.74, 6) is 0. The van der Waals surface area contributed by atoms with Crippen LogP contribution in [-0.4, -0.2) is 17.0 Å². The van der Waals surface area contributed by atoms with Crippen LogP contribution in [0.1, 0.15) is 4.88 Å². The molecule has 0 amide bonds. The molecule has 0 spiro atoms. The fourth-order valence-electron chi connectivity index (χ4n) is 1.91. The number of rotatable bonds is 3. The summed E-state index contributed by atoms with van der Waals surface area (Å²) >= 11 is 1.73. The van der Waals surface area contributed by atoms with Gasteiger partial charge < -0.3 is 5.32 Å². The highest BCUT2D eigenvalue weighted by molar-refractivity contribution is 7.15. The van der Waals surface area contributed by atoms with Crippen LogP contribution in [0.3, 0.4) is 0 Å². The first kappa shape index (κ1) is 11.3. The van der Waals surface area contributed by atoms with Gasteiger partial charge in [0.05, 0.1) is 0 Å². The van der Waals surface area contributed by atoms with Crippen LogP contribution in [0.5, 0.6) is 0 Å². The lowest BCUT2D eigenvalue weighted by Gasteiger charge is -2.00. The summed E-state index contributed by atoms with van der Waals surface area (Å²) in [5.41, 5.74) is 1.17. The molecule has 3 rings (SSSR count). The minimum Gasteiger partial charge on any atom is -0.315 e. The summed E-state index contributed by atoms with van der Waals surface area (Å²) in [6, 6.07) is 8.39. The van der Waals surface area contributed by atoms with E-state index in [2.05, 4.69) is 33.5 Å². The molecule has 0 aliphatic carbocycles. The molecule has 1 N–H and O–H groups in total. The van der Waals surface area contributed by atoms with Crippen LogP contribution in [0.25, 0.3) is 21.3 Å². The van der Waals surface area contributed by atoms with Gasteiger partial charge in [-0.25, -0.2) is 4.98 Å². The molecule has 3 aromatic rings. The van der Waals surface area contributed by atoms with E-state index in [0.717, 1.165) is 16.9 Å². The number of aromatic nitrogens is 2. The van der Waals surface area contributed by atoms with Gasteiger partial charge in [-0.15, -0.1) is 11.3 Å². The third-order valence-electron chi connectivity index (χ3n) is 2.79. The number of fused-ring (bicyclic) bond motifs is 1. The fourth-order valence-corrected chi connectivity index (χ4v) is 2.83. The summed E-state index contributed by atoms with van der Waals surface area (Å²) in [5, 5.41) is 6.57. The Morgan fingerprint density at radius 1 is 1.17 bits per heavy atom. The Hall–Kier alpha value is -1.78. The number of nitrogens with one attached hydrogen (secondary N) is 1. The maximum absolute atomic E-state index is 4.47. The monoisotopic (exact) mass is 255 g/mol. The molecule has 0 aliphatic rings. The van der Waals surface area contributed by atoms with Crippen LogP contribution in [0, 0.1) is 0 Å². The van der Waals surface area contributed by atoms with Crippen molar-refractivity contribution in [1.82, 2.24) is 15.3 Å². The van der Waals surface area contributed by atoms with E-state index >= 15 is 0 Å². The van der Waals surface area contributed by atoms with Crippen molar-refractivity contribution in [3.8, 4) is 10.6 Å². The Labute approximate surface area is 110 Å². The van der Waals surface area contributed by atoms with Gasteiger partial charge in [0.2, 0.25) is 0 Å². The number of pyridine rings is 1. The number of thiazole rings is 1. The summed E-state index contributed by atoms with van der Waals surface area (Å²) in [7, 11) is 1.95. The Morgan fingerprint density at radius 3 is 3.00 bits per heavy atom. The SMILES string of the molecule is CNCc1cnc(-c2ccc3cnccc3c2)s1. The predicted octanol–water partition coefficient (Wildman–Crippen LogP) is 3.08.